The van der Waals surface area contributed by atoms with Crippen molar-refractivity contribution in [2.24, 2.45) is 5.41 Å². The minimum atomic E-state index is -1.06. The van der Waals surface area contributed by atoms with Crippen LogP contribution in [-0.4, -0.2) is 52.2 Å². The van der Waals surface area contributed by atoms with Crippen LogP contribution in [0.25, 0.3) is 0 Å². The van der Waals surface area contributed by atoms with Crippen molar-refractivity contribution < 1.29 is 19.4 Å². The molecule has 0 saturated carbocycles. The van der Waals surface area contributed by atoms with Crippen LogP contribution in [0, 0.1) is 5.41 Å². The predicted molar refractivity (Wildman–Crippen MR) is 98.3 cm³/mol. The number of likely N-dealkylation sites (tertiary alicyclic amines) is 1. The van der Waals surface area contributed by atoms with E-state index in [2.05, 4.69) is 4.98 Å². The number of pyridine rings is 1. The van der Waals surface area contributed by atoms with E-state index in [0.717, 1.165) is 24.8 Å². The molecule has 26 heavy (non-hydrogen) atoms. The summed E-state index contributed by atoms with van der Waals surface area (Å²) < 4.78 is 5.55. The number of aliphatic hydroxyl groups is 1. The Hall–Kier alpha value is -1.79. The molecule has 6 nitrogen and oxygen atoms in total. The first-order chi connectivity index (χ1) is 12.4. The van der Waals surface area contributed by atoms with E-state index in [4.69, 9.17) is 4.74 Å². The first-order valence-corrected chi connectivity index (χ1v) is 9.41. The highest BCUT2D eigenvalue weighted by Gasteiger charge is 2.41. The van der Waals surface area contributed by atoms with E-state index in [9.17, 15) is 14.7 Å². The SMILES string of the molecule is CCC(C)(C)C(=O)C(=O)N1CCC[C@H]1[C@@H](O)OCCCc1cccnc1. The molecule has 1 N–H and O–H groups in total. The van der Waals surface area contributed by atoms with Crippen molar-refractivity contribution in [1.82, 2.24) is 9.88 Å². The Morgan fingerprint density at radius 2 is 2.23 bits per heavy atom. The molecule has 1 amide bonds. The average Bonchev–Trinajstić information content (AvgIpc) is 3.14. The number of Topliss-reactive ketones (excluding diaryl/α,β-unsaturated/α-hetero) is 1. The van der Waals surface area contributed by atoms with Crippen LogP contribution in [0.15, 0.2) is 24.5 Å². The smallest absolute Gasteiger partial charge is 0.290 e. The fourth-order valence-corrected chi connectivity index (χ4v) is 3.06. The number of nitrogens with zero attached hydrogens (tertiary/aromatic N) is 2. The normalized spacial score (nSPS) is 18.8. The lowest BCUT2D eigenvalue weighted by molar-refractivity contribution is -0.163. The van der Waals surface area contributed by atoms with Crippen molar-refractivity contribution in [1.29, 1.82) is 0 Å². The molecule has 144 valence electrons. The van der Waals surface area contributed by atoms with Crippen LogP contribution >= 0.6 is 0 Å². The molecule has 2 rings (SSSR count). The molecule has 0 radical (unpaired) electrons. The number of ketones is 1. The molecule has 0 spiro atoms. The second kappa shape index (κ2) is 9.24. The molecule has 1 aromatic rings. The number of aromatic nitrogens is 1. The van der Waals surface area contributed by atoms with Gasteiger partial charge in [0.15, 0.2) is 6.29 Å². The van der Waals surface area contributed by atoms with Crippen molar-refractivity contribution in [2.45, 2.75) is 65.2 Å². The fourth-order valence-electron chi connectivity index (χ4n) is 3.06. The van der Waals surface area contributed by atoms with Crippen LogP contribution in [0.4, 0.5) is 0 Å². The van der Waals surface area contributed by atoms with Crippen LogP contribution in [0.2, 0.25) is 0 Å². The van der Waals surface area contributed by atoms with Crippen molar-refractivity contribution in [3.05, 3.63) is 30.1 Å². The van der Waals surface area contributed by atoms with E-state index in [-0.39, 0.29) is 0 Å². The third-order valence-electron chi connectivity index (χ3n) is 5.20. The van der Waals surface area contributed by atoms with Gasteiger partial charge in [-0.1, -0.05) is 26.8 Å². The summed E-state index contributed by atoms with van der Waals surface area (Å²) in [5, 5.41) is 10.4. The summed E-state index contributed by atoms with van der Waals surface area (Å²) >= 11 is 0. The van der Waals surface area contributed by atoms with Gasteiger partial charge < -0.3 is 14.7 Å². The van der Waals surface area contributed by atoms with E-state index in [1.54, 1.807) is 20.0 Å². The molecular weight excluding hydrogens is 332 g/mol. The van der Waals surface area contributed by atoms with Gasteiger partial charge in [0.2, 0.25) is 5.78 Å². The molecule has 2 heterocycles. The lowest BCUT2D eigenvalue weighted by Crippen LogP contribution is -2.49. The molecule has 1 aliphatic heterocycles. The molecule has 2 atom stereocenters. The molecule has 0 aromatic carbocycles. The van der Waals surface area contributed by atoms with Gasteiger partial charge in [0.25, 0.3) is 5.91 Å². The van der Waals surface area contributed by atoms with Crippen LogP contribution in [0.5, 0.6) is 0 Å². The van der Waals surface area contributed by atoms with E-state index >= 15 is 0 Å². The summed E-state index contributed by atoms with van der Waals surface area (Å²) in [6.45, 7) is 6.34. The highest BCUT2D eigenvalue weighted by molar-refractivity contribution is 6.38. The Kier molecular flexibility index (Phi) is 7.29. The van der Waals surface area contributed by atoms with Gasteiger partial charge in [-0.2, -0.15) is 0 Å². The third kappa shape index (κ3) is 5.11. The molecule has 6 heteroatoms. The number of carbonyl (C=O) groups excluding carboxylic acids is 2. The second-order valence-corrected chi connectivity index (χ2v) is 7.50. The first kappa shape index (κ1) is 20.5. The lowest BCUT2D eigenvalue weighted by Gasteiger charge is -2.30. The summed E-state index contributed by atoms with van der Waals surface area (Å²) in [7, 11) is 0. The minimum absolute atomic E-state index is 0.392. The molecule has 0 unspecified atom stereocenters. The first-order valence-electron chi connectivity index (χ1n) is 9.41. The Morgan fingerprint density at radius 3 is 2.88 bits per heavy atom. The number of carbonyl (C=O) groups is 2. The monoisotopic (exact) mass is 362 g/mol. The van der Waals surface area contributed by atoms with Gasteiger partial charge in [0.05, 0.1) is 12.6 Å². The largest absolute Gasteiger partial charge is 0.366 e. The van der Waals surface area contributed by atoms with Crippen LogP contribution in [-0.2, 0) is 20.7 Å². The number of ether oxygens (including phenoxy) is 1. The summed E-state index contributed by atoms with van der Waals surface area (Å²) in [6, 6.07) is 3.45. The van der Waals surface area contributed by atoms with Crippen molar-refractivity contribution in [3.63, 3.8) is 0 Å². The molecule has 0 aliphatic carbocycles. The molecule has 1 fully saturated rings. The summed E-state index contributed by atoms with van der Waals surface area (Å²) in [5.41, 5.74) is 0.440. The zero-order valence-corrected chi connectivity index (χ0v) is 16.0. The molecular formula is C20H30N2O4. The molecule has 1 saturated heterocycles. The summed E-state index contributed by atoms with van der Waals surface area (Å²) in [4.78, 5) is 30.6. The maximum Gasteiger partial charge on any atom is 0.290 e. The Balaban J connectivity index is 1.84. The minimum Gasteiger partial charge on any atom is -0.366 e. The highest BCUT2D eigenvalue weighted by atomic mass is 16.6. The van der Waals surface area contributed by atoms with Crippen LogP contribution < -0.4 is 0 Å². The van der Waals surface area contributed by atoms with E-state index in [1.165, 1.54) is 4.90 Å². The van der Waals surface area contributed by atoms with E-state index < -0.39 is 29.4 Å². The fraction of sp³-hybridized carbons (Fsp3) is 0.650. The maximum atomic E-state index is 12.6. The standard InChI is InChI=1S/C20H30N2O4/c1-4-20(2,3)17(23)18(24)22-12-6-10-16(22)19(25)26-13-7-9-15-8-5-11-21-14-15/h5,8,11,14,16,19,25H,4,6-7,9-10,12-13H2,1-3H3/t16-,19-/m0/s1. The van der Waals surface area contributed by atoms with Gasteiger partial charge in [-0.25, -0.2) is 0 Å². The highest BCUT2D eigenvalue weighted by Crippen LogP contribution is 2.27. The quantitative estimate of drug-likeness (QED) is 0.414. The van der Waals surface area contributed by atoms with Gasteiger partial charge in [0.1, 0.15) is 0 Å². The lowest BCUT2D eigenvalue weighted by atomic mass is 9.84. The Bertz CT molecular complexity index is 603. The summed E-state index contributed by atoms with van der Waals surface area (Å²) in [5.74, 6) is -0.895. The Labute approximate surface area is 155 Å². The number of aryl methyl sites for hydroxylation is 1. The topological polar surface area (TPSA) is 79.7 Å². The number of aliphatic hydroxyl groups excluding tert-OH is 1. The number of hydrogen-bond acceptors (Lipinski definition) is 5. The zero-order valence-electron chi connectivity index (χ0n) is 16.0. The molecule has 0 bridgehead atoms. The number of hydrogen-bond donors (Lipinski definition) is 1. The van der Waals surface area contributed by atoms with Crippen LogP contribution in [0.1, 0.15) is 52.0 Å². The molecule has 1 aliphatic rings. The van der Waals surface area contributed by atoms with Crippen molar-refractivity contribution in [2.75, 3.05) is 13.2 Å². The second-order valence-electron chi connectivity index (χ2n) is 7.50. The van der Waals surface area contributed by atoms with Crippen molar-refractivity contribution in [3.8, 4) is 0 Å². The van der Waals surface area contributed by atoms with Gasteiger partial charge in [-0.15, -0.1) is 0 Å². The summed E-state index contributed by atoms with van der Waals surface area (Å²) in [6.07, 6.45) is 6.08. The van der Waals surface area contributed by atoms with Gasteiger partial charge in [-0.3, -0.25) is 14.6 Å². The van der Waals surface area contributed by atoms with Gasteiger partial charge in [-0.05, 0) is 43.7 Å². The Morgan fingerprint density at radius 1 is 1.46 bits per heavy atom. The number of rotatable bonds is 9. The third-order valence-corrected chi connectivity index (χ3v) is 5.20. The number of amides is 1. The predicted octanol–water partition coefficient (Wildman–Crippen LogP) is 2.35. The van der Waals surface area contributed by atoms with Crippen LogP contribution in [0.3, 0.4) is 0 Å². The van der Waals surface area contributed by atoms with Gasteiger partial charge in [0, 0.05) is 24.4 Å². The molecule has 1 aromatic heterocycles. The van der Waals surface area contributed by atoms with E-state index in [0.29, 0.717) is 26.0 Å². The van der Waals surface area contributed by atoms with E-state index in [1.807, 2.05) is 25.3 Å². The zero-order chi connectivity index (χ0) is 19.2. The maximum absolute atomic E-state index is 12.6. The van der Waals surface area contributed by atoms with Gasteiger partial charge >= 0.3 is 0 Å². The van der Waals surface area contributed by atoms with Crippen molar-refractivity contribution >= 4 is 11.7 Å². The average molecular weight is 362 g/mol.